The molecule has 2 aromatic carbocycles. The summed E-state index contributed by atoms with van der Waals surface area (Å²) < 4.78 is 29.8. The van der Waals surface area contributed by atoms with Crippen molar-refractivity contribution in [1.29, 1.82) is 0 Å². The fourth-order valence-corrected chi connectivity index (χ4v) is 3.06. The molecule has 3 rings (SSSR count). The zero-order valence-corrected chi connectivity index (χ0v) is 16.7. The van der Waals surface area contributed by atoms with Gasteiger partial charge in [-0.1, -0.05) is 28.9 Å². The number of sulfonamides is 1. The van der Waals surface area contributed by atoms with Gasteiger partial charge in [0.15, 0.2) is 0 Å². The van der Waals surface area contributed by atoms with Crippen LogP contribution in [0.3, 0.4) is 0 Å². The average Bonchev–Trinajstić information content (AvgIpc) is 3.14. The van der Waals surface area contributed by atoms with Crippen molar-refractivity contribution in [1.82, 2.24) is 15.5 Å². The lowest BCUT2D eigenvalue weighted by molar-refractivity contribution is 0.0947. The second-order valence-electron chi connectivity index (χ2n) is 5.95. The van der Waals surface area contributed by atoms with Gasteiger partial charge in [0, 0.05) is 17.6 Å². The van der Waals surface area contributed by atoms with Gasteiger partial charge in [0.25, 0.3) is 5.91 Å². The van der Waals surface area contributed by atoms with Crippen molar-refractivity contribution >= 4 is 33.2 Å². The van der Waals surface area contributed by atoms with Gasteiger partial charge in [-0.3, -0.25) is 9.10 Å². The van der Waals surface area contributed by atoms with Crippen LogP contribution in [-0.4, -0.2) is 37.8 Å². The number of carbonyl (C=O) groups excluding carboxylic acids is 1. The van der Waals surface area contributed by atoms with Crippen LogP contribution in [0.15, 0.2) is 53.1 Å². The van der Waals surface area contributed by atoms with Crippen LogP contribution in [0.5, 0.6) is 0 Å². The van der Waals surface area contributed by atoms with Crippen LogP contribution < -0.4 is 9.62 Å². The molecule has 0 spiro atoms. The summed E-state index contributed by atoms with van der Waals surface area (Å²) in [4.78, 5) is 16.8. The van der Waals surface area contributed by atoms with Crippen LogP contribution in [0.25, 0.3) is 11.4 Å². The van der Waals surface area contributed by atoms with Crippen molar-refractivity contribution < 1.29 is 17.7 Å². The minimum absolute atomic E-state index is 0.00362. The summed E-state index contributed by atoms with van der Waals surface area (Å²) in [5.41, 5.74) is 1.22. The van der Waals surface area contributed by atoms with E-state index in [1.165, 1.54) is 7.05 Å². The Balaban J connectivity index is 1.73. The maximum absolute atomic E-state index is 12.5. The topological polar surface area (TPSA) is 105 Å². The number of aromatic nitrogens is 2. The van der Waals surface area contributed by atoms with E-state index in [0.29, 0.717) is 10.8 Å². The maximum Gasteiger partial charge on any atom is 0.253 e. The lowest BCUT2D eigenvalue weighted by atomic mass is 10.1. The SMILES string of the molecule is CN(c1ccccc1C(=O)NCc1nc(-c2ccc(Cl)cc2)no1)S(C)(=O)=O. The summed E-state index contributed by atoms with van der Waals surface area (Å²) in [7, 11) is -2.12. The third-order valence-corrected chi connectivity index (χ3v) is 5.40. The van der Waals surface area contributed by atoms with E-state index < -0.39 is 15.9 Å². The largest absolute Gasteiger partial charge is 0.343 e. The number of carbonyl (C=O) groups is 1. The highest BCUT2D eigenvalue weighted by Crippen LogP contribution is 2.22. The highest BCUT2D eigenvalue weighted by molar-refractivity contribution is 7.92. The molecule has 0 unspecified atom stereocenters. The highest BCUT2D eigenvalue weighted by atomic mass is 35.5. The number of halogens is 1. The number of benzene rings is 2. The predicted octanol–water partition coefficient (Wildman–Crippen LogP) is 2.72. The standard InChI is InChI=1S/C18H17ClN4O4S/c1-23(28(2,25)26)15-6-4-3-5-14(15)18(24)20-11-16-21-17(22-27-16)12-7-9-13(19)10-8-12/h3-10H,11H2,1-2H3,(H,20,24). The van der Waals surface area contributed by atoms with Gasteiger partial charge >= 0.3 is 0 Å². The molecule has 0 saturated carbocycles. The Morgan fingerprint density at radius 3 is 2.54 bits per heavy atom. The number of hydrogen-bond acceptors (Lipinski definition) is 6. The van der Waals surface area contributed by atoms with Crippen molar-refractivity contribution in [2.24, 2.45) is 0 Å². The number of rotatable bonds is 6. The number of amides is 1. The smallest absolute Gasteiger partial charge is 0.253 e. The van der Waals surface area contributed by atoms with Crippen LogP contribution in [0.1, 0.15) is 16.2 Å². The van der Waals surface area contributed by atoms with E-state index in [2.05, 4.69) is 15.5 Å². The molecule has 8 nitrogen and oxygen atoms in total. The first-order chi connectivity index (χ1) is 13.3. The Labute approximate surface area is 167 Å². The van der Waals surface area contributed by atoms with Gasteiger partial charge in [0.05, 0.1) is 24.1 Å². The van der Waals surface area contributed by atoms with Crippen LogP contribution >= 0.6 is 11.6 Å². The monoisotopic (exact) mass is 420 g/mol. The molecule has 0 aliphatic carbocycles. The number of anilines is 1. The third kappa shape index (κ3) is 4.49. The second kappa shape index (κ2) is 7.99. The summed E-state index contributed by atoms with van der Waals surface area (Å²) in [6.45, 7) is -0.00362. The molecule has 28 heavy (non-hydrogen) atoms. The van der Waals surface area contributed by atoms with Crippen LogP contribution in [0.4, 0.5) is 5.69 Å². The zero-order valence-electron chi connectivity index (χ0n) is 15.1. The fraction of sp³-hybridized carbons (Fsp3) is 0.167. The lowest BCUT2D eigenvalue weighted by Crippen LogP contribution is -2.29. The normalized spacial score (nSPS) is 11.2. The molecule has 1 aromatic heterocycles. The van der Waals surface area contributed by atoms with Gasteiger partial charge in [0.1, 0.15) is 0 Å². The molecule has 1 heterocycles. The van der Waals surface area contributed by atoms with E-state index in [1.807, 2.05) is 0 Å². The number of hydrogen-bond donors (Lipinski definition) is 1. The van der Waals surface area contributed by atoms with Crippen LogP contribution in [-0.2, 0) is 16.6 Å². The van der Waals surface area contributed by atoms with E-state index in [-0.39, 0.29) is 23.7 Å². The molecule has 1 N–H and O–H groups in total. The Morgan fingerprint density at radius 2 is 1.86 bits per heavy atom. The number of para-hydroxylation sites is 1. The average molecular weight is 421 g/mol. The summed E-state index contributed by atoms with van der Waals surface area (Å²) >= 11 is 5.86. The second-order valence-corrected chi connectivity index (χ2v) is 8.40. The molecule has 0 bridgehead atoms. The molecule has 0 atom stereocenters. The van der Waals surface area contributed by atoms with Gasteiger partial charge < -0.3 is 9.84 Å². The van der Waals surface area contributed by atoms with E-state index in [4.69, 9.17) is 16.1 Å². The molecule has 3 aromatic rings. The predicted molar refractivity (Wildman–Crippen MR) is 106 cm³/mol. The molecule has 0 aliphatic heterocycles. The number of nitrogens with zero attached hydrogens (tertiary/aromatic N) is 3. The Hall–Kier alpha value is -2.91. The first-order valence-corrected chi connectivity index (χ1v) is 10.4. The van der Waals surface area contributed by atoms with E-state index in [1.54, 1.807) is 48.5 Å². The van der Waals surface area contributed by atoms with Crippen molar-refractivity contribution in [2.75, 3.05) is 17.6 Å². The Kier molecular flexibility index (Phi) is 5.66. The van der Waals surface area contributed by atoms with Gasteiger partial charge in [-0.25, -0.2) is 8.42 Å². The van der Waals surface area contributed by atoms with Gasteiger partial charge in [0.2, 0.25) is 21.7 Å². The van der Waals surface area contributed by atoms with E-state index in [0.717, 1.165) is 16.1 Å². The zero-order chi connectivity index (χ0) is 20.3. The molecule has 146 valence electrons. The first kappa shape index (κ1) is 19.8. The molecular weight excluding hydrogens is 404 g/mol. The lowest BCUT2D eigenvalue weighted by Gasteiger charge is -2.19. The molecular formula is C18H17ClN4O4S. The van der Waals surface area contributed by atoms with Crippen molar-refractivity contribution in [2.45, 2.75) is 6.54 Å². The van der Waals surface area contributed by atoms with Crippen molar-refractivity contribution in [3.63, 3.8) is 0 Å². The molecule has 0 saturated heterocycles. The minimum Gasteiger partial charge on any atom is -0.343 e. The Morgan fingerprint density at radius 1 is 1.18 bits per heavy atom. The van der Waals surface area contributed by atoms with Crippen LogP contribution in [0, 0.1) is 0 Å². The van der Waals surface area contributed by atoms with Crippen molar-refractivity contribution in [3.05, 3.63) is 65.0 Å². The first-order valence-electron chi connectivity index (χ1n) is 8.15. The van der Waals surface area contributed by atoms with E-state index >= 15 is 0 Å². The van der Waals surface area contributed by atoms with Gasteiger partial charge in [-0.2, -0.15) is 4.98 Å². The third-order valence-electron chi connectivity index (χ3n) is 3.96. The van der Waals surface area contributed by atoms with E-state index in [9.17, 15) is 13.2 Å². The van der Waals surface area contributed by atoms with Gasteiger partial charge in [-0.05, 0) is 36.4 Å². The number of nitrogens with one attached hydrogen (secondary N) is 1. The summed E-state index contributed by atoms with van der Waals surface area (Å²) in [6.07, 6.45) is 1.07. The minimum atomic E-state index is -3.51. The molecule has 1 amide bonds. The van der Waals surface area contributed by atoms with Gasteiger partial charge in [-0.15, -0.1) is 0 Å². The summed E-state index contributed by atoms with van der Waals surface area (Å²) in [6, 6.07) is 13.3. The molecule has 0 fully saturated rings. The fourth-order valence-electron chi connectivity index (χ4n) is 2.41. The maximum atomic E-state index is 12.5. The summed E-state index contributed by atoms with van der Waals surface area (Å²) in [5, 5.41) is 7.13. The quantitative estimate of drug-likeness (QED) is 0.657. The summed E-state index contributed by atoms with van der Waals surface area (Å²) in [5.74, 6) is 0.128. The molecule has 0 aliphatic rings. The van der Waals surface area contributed by atoms with Crippen LogP contribution in [0.2, 0.25) is 5.02 Å². The Bertz CT molecular complexity index is 1100. The molecule has 10 heteroatoms. The highest BCUT2D eigenvalue weighted by Gasteiger charge is 2.20. The van der Waals surface area contributed by atoms with Crippen molar-refractivity contribution in [3.8, 4) is 11.4 Å². The molecule has 0 radical (unpaired) electrons.